The van der Waals surface area contributed by atoms with Crippen molar-refractivity contribution in [3.05, 3.63) is 5.56 Å². The predicted octanol–water partition coefficient (Wildman–Crippen LogP) is 0.157. The highest BCUT2D eigenvalue weighted by molar-refractivity contribution is 7.96. The summed E-state index contributed by atoms with van der Waals surface area (Å²) in [6, 6.07) is 0. The van der Waals surface area contributed by atoms with Crippen molar-refractivity contribution in [3.8, 4) is 0 Å². The zero-order chi connectivity index (χ0) is 11.4. The minimum absolute atomic E-state index is 0.116. The Hall–Kier alpha value is -0.800. The molecule has 0 N–H and O–H groups in total. The lowest BCUT2D eigenvalue weighted by Crippen LogP contribution is -2.03. The van der Waals surface area contributed by atoms with Gasteiger partial charge < -0.3 is 0 Å². The van der Waals surface area contributed by atoms with Gasteiger partial charge in [0.1, 0.15) is 9.77 Å². The van der Waals surface area contributed by atoms with Crippen LogP contribution >= 0.6 is 11.5 Å². The Morgan fingerprint density at radius 2 is 2.00 bits per heavy atom. The Labute approximate surface area is 90.6 Å². The molecule has 0 bridgehead atoms. The Balaban J connectivity index is 2.86. The lowest BCUT2D eigenvalue weighted by atomic mass is 10.4. The fraction of sp³-hybridized carbons (Fsp3) is 0.333. The van der Waals surface area contributed by atoms with Gasteiger partial charge in [-0.1, -0.05) is 0 Å². The molecular weight excluding hydrogens is 260 g/mol. The largest absolute Gasteiger partial charge is 0.290 e. The van der Waals surface area contributed by atoms with Gasteiger partial charge in [0.25, 0.3) is 5.91 Å². The van der Waals surface area contributed by atoms with E-state index in [1.807, 2.05) is 0 Å². The Kier molecular flexibility index (Phi) is 2.04. The first-order chi connectivity index (χ1) is 6.73. The van der Waals surface area contributed by atoms with Gasteiger partial charge in [-0.25, -0.2) is 12.6 Å². The van der Waals surface area contributed by atoms with E-state index < -0.39 is 25.5 Å². The standard InChI is InChI=1S/C6H6N2O4S3/c1-14(10)6-3(4(9)8-14)5(7-13-6)15(2,11)12/h1-2H3. The van der Waals surface area contributed by atoms with Crippen molar-refractivity contribution >= 4 is 37.0 Å². The van der Waals surface area contributed by atoms with Crippen molar-refractivity contribution in [2.24, 2.45) is 4.36 Å². The lowest BCUT2D eigenvalue weighted by molar-refractivity contribution is 0.100. The summed E-state index contributed by atoms with van der Waals surface area (Å²) in [5.74, 6) is -0.758. The van der Waals surface area contributed by atoms with E-state index in [-0.39, 0.29) is 14.8 Å². The smallest absolute Gasteiger partial charge is 0.266 e. The van der Waals surface area contributed by atoms with Crippen molar-refractivity contribution in [1.82, 2.24) is 4.37 Å². The third kappa shape index (κ3) is 1.50. The average molecular weight is 266 g/mol. The minimum Gasteiger partial charge on any atom is -0.266 e. The molecule has 0 fully saturated rings. The second-order valence-corrected chi connectivity index (χ2v) is 8.28. The van der Waals surface area contributed by atoms with Crippen LogP contribution in [-0.2, 0) is 19.6 Å². The number of rotatable bonds is 1. The number of amides is 1. The van der Waals surface area contributed by atoms with E-state index in [1.165, 1.54) is 6.26 Å². The number of fused-ring (bicyclic) bond motifs is 1. The topological polar surface area (TPSA) is 93.5 Å². The molecule has 0 saturated carbocycles. The van der Waals surface area contributed by atoms with Crippen molar-refractivity contribution in [1.29, 1.82) is 0 Å². The third-order valence-electron chi connectivity index (χ3n) is 1.80. The first-order valence-corrected chi connectivity index (χ1v) is 8.28. The van der Waals surface area contributed by atoms with Gasteiger partial charge in [-0.15, -0.1) is 0 Å². The van der Waals surface area contributed by atoms with E-state index in [0.717, 1.165) is 17.8 Å². The Morgan fingerprint density at radius 1 is 1.40 bits per heavy atom. The number of hydrogen-bond acceptors (Lipinski definition) is 6. The van der Waals surface area contributed by atoms with E-state index >= 15 is 0 Å². The van der Waals surface area contributed by atoms with Crippen LogP contribution in [0.15, 0.2) is 13.6 Å². The molecule has 1 amide bonds. The monoisotopic (exact) mass is 266 g/mol. The number of hydrogen-bond donors (Lipinski definition) is 0. The summed E-state index contributed by atoms with van der Waals surface area (Å²) in [5, 5.41) is -0.316. The molecule has 1 aromatic heterocycles. The molecule has 0 radical (unpaired) electrons. The highest BCUT2D eigenvalue weighted by Gasteiger charge is 2.35. The molecule has 82 valence electrons. The molecule has 0 aromatic carbocycles. The van der Waals surface area contributed by atoms with Crippen LogP contribution in [0.5, 0.6) is 0 Å². The number of carbonyl (C=O) groups is 1. The van der Waals surface area contributed by atoms with Crippen molar-refractivity contribution in [2.45, 2.75) is 9.24 Å². The summed E-state index contributed by atoms with van der Waals surface area (Å²) in [6.45, 7) is 0. The lowest BCUT2D eigenvalue weighted by Gasteiger charge is -1.91. The highest BCUT2D eigenvalue weighted by Crippen LogP contribution is 2.33. The summed E-state index contributed by atoms with van der Waals surface area (Å²) in [4.78, 5) is 11.4. The zero-order valence-corrected chi connectivity index (χ0v) is 10.2. The van der Waals surface area contributed by atoms with Crippen LogP contribution in [0.25, 0.3) is 0 Å². The molecule has 6 nitrogen and oxygen atoms in total. The van der Waals surface area contributed by atoms with E-state index in [1.54, 1.807) is 0 Å². The van der Waals surface area contributed by atoms with Crippen LogP contribution in [0.3, 0.4) is 0 Å². The number of sulfone groups is 1. The number of nitrogens with zero attached hydrogens (tertiary/aromatic N) is 2. The molecule has 0 spiro atoms. The Bertz CT molecular complexity index is 675. The van der Waals surface area contributed by atoms with Crippen molar-refractivity contribution in [3.63, 3.8) is 0 Å². The summed E-state index contributed by atoms with van der Waals surface area (Å²) in [5.41, 5.74) is -0.116. The van der Waals surface area contributed by atoms with Crippen LogP contribution in [0.1, 0.15) is 10.4 Å². The maximum atomic E-state index is 11.7. The average Bonchev–Trinajstić information content (AvgIpc) is 2.51. The highest BCUT2D eigenvalue weighted by atomic mass is 32.2. The first kappa shape index (κ1) is 10.7. The van der Waals surface area contributed by atoms with E-state index in [4.69, 9.17) is 0 Å². The molecule has 1 aliphatic rings. The van der Waals surface area contributed by atoms with Gasteiger partial charge in [-0.2, -0.15) is 8.74 Å². The molecule has 0 saturated heterocycles. The fourth-order valence-electron chi connectivity index (χ4n) is 1.20. The SMILES string of the molecule is CS(=O)(=O)c1nsc2c1C(=O)N=S2(C)=O. The molecule has 1 unspecified atom stereocenters. The molecule has 9 heteroatoms. The van der Waals surface area contributed by atoms with Gasteiger partial charge in [0.05, 0.1) is 9.73 Å². The van der Waals surface area contributed by atoms with E-state index in [9.17, 15) is 17.4 Å². The molecule has 0 aliphatic carbocycles. The van der Waals surface area contributed by atoms with Crippen molar-refractivity contribution < 1.29 is 17.4 Å². The van der Waals surface area contributed by atoms with Crippen LogP contribution in [0, 0.1) is 0 Å². The maximum absolute atomic E-state index is 11.7. The van der Waals surface area contributed by atoms with Crippen LogP contribution < -0.4 is 0 Å². The summed E-state index contributed by atoms with van der Waals surface area (Å²) in [6.07, 6.45) is 2.24. The quantitative estimate of drug-likeness (QED) is 0.721. The normalized spacial score (nSPS) is 25.1. The van der Waals surface area contributed by atoms with Gasteiger partial charge >= 0.3 is 0 Å². The minimum atomic E-state index is -3.57. The summed E-state index contributed by atoms with van der Waals surface area (Å²) >= 11 is 0.757. The van der Waals surface area contributed by atoms with Crippen LogP contribution in [0.4, 0.5) is 0 Å². The second-order valence-electron chi connectivity index (χ2n) is 3.12. The van der Waals surface area contributed by atoms with Gasteiger partial charge in [0.15, 0.2) is 14.9 Å². The molecule has 1 aromatic rings. The molecule has 15 heavy (non-hydrogen) atoms. The van der Waals surface area contributed by atoms with Gasteiger partial charge in [-0.05, 0) is 11.5 Å². The van der Waals surface area contributed by atoms with Crippen molar-refractivity contribution in [2.75, 3.05) is 12.5 Å². The molecular formula is C6H6N2O4S3. The second kappa shape index (κ2) is 2.86. The molecule has 2 heterocycles. The van der Waals surface area contributed by atoms with Crippen LogP contribution in [-0.4, -0.2) is 35.4 Å². The summed E-state index contributed by atoms with van der Waals surface area (Å²) < 4.78 is 41.5. The van der Waals surface area contributed by atoms with Gasteiger partial charge in [0.2, 0.25) is 0 Å². The number of aromatic nitrogens is 1. The van der Waals surface area contributed by atoms with E-state index in [2.05, 4.69) is 8.74 Å². The van der Waals surface area contributed by atoms with Gasteiger partial charge in [0, 0.05) is 12.5 Å². The predicted molar refractivity (Wildman–Crippen MR) is 54.3 cm³/mol. The maximum Gasteiger partial charge on any atom is 0.290 e. The molecule has 1 atom stereocenters. The first-order valence-electron chi connectivity index (χ1n) is 3.70. The summed E-state index contributed by atoms with van der Waals surface area (Å²) in [7, 11) is -6.35. The van der Waals surface area contributed by atoms with Gasteiger partial charge in [-0.3, -0.25) is 4.79 Å². The fourth-order valence-corrected chi connectivity index (χ4v) is 4.90. The molecule has 2 rings (SSSR count). The van der Waals surface area contributed by atoms with E-state index in [0.29, 0.717) is 0 Å². The third-order valence-corrected chi connectivity index (χ3v) is 6.11. The molecule has 1 aliphatic heterocycles. The zero-order valence-electron chi connectivity index (χ0n) is 7.75. The Morgan fingerprint density at radius 3 is 2.53 bits per heavy atom. The number of carbonyl (C=O) groups excluding carboxylic acids is 1. The van der Waals surface area contributed by atoms with Crippen LogP contribution in [0.2, 0.25) is 0 Å².